The lowest BCUT2D eigenvalue weighted by atomic mass is 9.98. The second-order valence-electron chi connectivity index (χ2n) is 15.0. The third kappa shape index (κ3) is 5.44. The monoisotopic (exact) mass is 757 g/mol. The summed E-state index contributed by atoms with van der Waals surface area (Å²) >= 11 is 0. The summed E-state index contributed by atoms with van der Waals surface area (Å²) in [5.74, 6) is 0. The minimum Gasteiger partial charge on any atom is -0.455 e. The van der Waals surface area contributed by atoms with Gasteiger partial charge in [-0.1, -0.05) is 145 Å². The lowest BCUT2D eigenvalue weighted by Crippen LogP contribution is -2.10. The van der Waals surface area contributed by atoms with Crippen molar-refractivity contribution in [2.75, 3.05) is 4.90 Å². The minimum absolute atomic E-state index is 0.166. The summed E-state index contributed by atoms with van der Waals surface area (Å²) in [5.41, 5.74) is 10.6. The van der Waals surface area contributed by atoms with E-state index in [1.165, 1.54) is 16.3 Å². The summed E-state index contributed by atoms with van der Waals surface area (Å²) in [7, 11) is 0. The Bertz CT molecular complexity index is 3830. The third-order valence-electron chi connectivity index (χ3n) is 11.6. The molecule has 0 aliphatic carbocycles. The molecule has 0 saturated heterocycles. The van der Waals surface area contributed by atoms with Crippen molar-refractivity contribution in [3.63, 3.8) is 0 Å². The first-order valence-electron chi connectivity index (χ1n) is 22.3. The third-order valence-corrected chi connectivity index (χ3v) is 11.6. The van der Waals surface area contributed by atoms with Crippen molar-refractivity contribution >= 4 is 82.4 Å². The molecule has 0 atom stereocenters. The number of hydrogen-bond donors (Lipinski definition) is 0. The molecule has 0 bridgehead atoms. The highest BCUT2D eigenvalue weighted by Gasteiger charge is 2.22. The van der Waals surface area contributed by atoms with E-state index < -0.39 is 6.04 Å². The Morgan fingerprint density at radius 2 is 1.08 bits per heavy atom. The van der Waals surface area contributed by atoms with Gasteiger partial charge in [0.1, 0.15) is 11.2 Å². The van der Waals surface area contributed by atoms with Crippen LogP contribution in [0.5, 0.6) is 0 Å². The molecule has 0 radical (unpaired) electrons. The van der Waals surface area contributed by atoms with E-state index in [0.29, 0.717) is 5.56 Å². The van der Waals surface area contributed by atoms with E-state index in [1.54, 1.807) is 0 Å². The SMILES string of the molecule is [2H]c1c([2H])c([2H])c(-c2ccc(N(c3ccc4ccc(-c5ccc6c(c5)c5ccccc5n6-c5ccccc5)cc4c3)c3cc4ccccc4c4oc5ccccc5c34)cc2)c([2H])c1[2H]. The second-order valence-corrected chi connectivity index (χ2v) is 15.0. The molecule has 0 spiro atoms. The van der Waals surface area contributed by atoms with Crippen molar-refractivity contribution in [2.24, 2.45) is 0 Å². The van der Waals surface area contributed by atoms with Crippen LogP contribution in [0.1, 0.15) is 6.85 Å². The fourth-order valence-electron chi connectivity index (χ4n) is 8.87. The molecule has 12 aromatic rings. The zero-order valence-electron chi connectivity index (χ0n) is 36.7. The molecule has 3 heteroatoms. The number of anilines is 3. The molecule has 59 heavy (non-hydrogen) atoms. The number of hydrogen-bond acceptors (Lipinski definition) is 2. The zero-order chi connectivity index (χ0) is 43.2. The van der Waals surface area contributed by atoms with Gasteiger partial charge >= 0.3 is 0 Å². The number of para-hydroxylation sites is 3. The van der Waals surface area contributed by atoms with Gasteiger partial charge in [0.25, 0.3) is 0 Å². The van der Waals surface area contributed by atoms with Gasteiger partial charge < -0.3 is 13.9 Å². The first-order valence-corrected chi connectivity index (χ1v) is 19.8. The number of furan rings is 1. The molecule has 0 saturated carbocycles. The van der Waals surface area contributed by atoms with Crippen LogP contribution in [-0.2, 0) is 0 Å². The highest BCUT2D eigenvalue weighted by atomic mass is 16.3. The number of fused-ring (bicyclic) bond motifs is 9. The van der Waals surface area contributed by atoms with Crippen molar-refractivity contribution in [2.45, 2.75) is 0 Å². The Kier molecular flexibility index (Phi) is 6.46. The average molecular weight is 758 g/mol. The molecule has 2 heterocycles. The Morgan fingerprint density at radius 3 is 1.95 bits per heavy atom. The first kappa shape index (κ1) is 28.5. The summed E-state index contributed by atoms with van der Waals surface area (Å²) in [5, 5.41) is 8.56. The van der Waals surface area contributed by atoms with Crippen LogP contribution in [0.4, 0.5) is 17.1 Å². The molecule has 3 nitrogen and oxygen atoms in total. The molecular weight excluding hydrogens is 717 g/mol. The smallest absolute Gasteiger partial charge is 0.145 e. The van der Waals surface area contributed by atoms with Gasteiger partial charge in [-0.15, -0.1) is 0 Å². The van der Waals surface area contributed by atoms with Crippen molar-refractivity contribution in [3.8, 4) is 27.9 Å². The number of rotatable bonds is 6. The van der Waals surface area contributed by atoms with Gasteiger partial charge in [-0.25, -0.2) is 0 Å². The quantitative estimate of drug-likeness (QED) is 0.168. The summed E-state index contributed by atoms with van der Waals surface area (Å²) in [6.07, 6.45) is 0. The van der Waals surface area contributed by atoms with Crippen LogP contribution < -0.4 is 4.90 Å². The molecule has 276 valence electrons. The molecule has 2 aromatic heterocycles. The minimum atomic E-state index is -0.412. The molecule has 0 N–H and O–H groups in total. The van der Waals surface area contributed by atoms with E-state index in [9.17, 15) is 0 Å². The van der Waals surface area contributed by atoms with E-state index in [2.05, 4.69) is 137 Å². The molecule has 10 aromatic carbocycles. The van der Waals surface area contributed by atoms with Crippen molar-refractivity contribution in [3.05, 3.63) is 218 Å². The maximum Gasteiger partial charge on any atom is 0.145 e. The second kappa shape index (κ2) is 13.4. The van der Waals surface area contributed by atoms with Crippen molar-refractivity contribution in [1.29, 1.82) is 0 Å². The van der Waals surface area contributed by atoms with Crippen LogP contribution in [-0.4, -0.2) is 4.57 Å². The van der Waals surface area contributed by atoms with Gasteiger partial charge in [0.2, 0.25) is 0 Å². The standard InChI is InChI=1S/C56H36N2O/c1-3-13-37(14-4-1)38-25-29-45(30-26-38)57(53-36-42-15-7-8-18-47(42)56-55(53)49-20-10-12-22-54(49)59-56)46-31-27-39-23-24-40(33-43(39)34-46)41-28-32-52-50(35-41)48-19-9-11-21-51(48)58(52)44-16-5-2-6-17-44/h1-36H/i1D,3D,4D,13D,14D. The fourth-order valence-corrected chi connectivity index (χ4v) is 8.87. The van der Waals surface area contributed by atoms with Crippen LogP contribution in [0.15, 0.2) is 223 Å². The zero-order valence-corrected chi connectivity index (χ0v) is 31.7. The van der Waals surface area contributed by atoms with E-state index in [-0.39, 0.29) is 29.7 Å². The van der Waals surface area contributed by atoms with E-state index >= 15 is 0 Å². The molecular formula is C56H36N2O. The molecule has 0 aliphatic rings. The highest BCUT2D eigenvalue weighted by Crippen LogP contribution is 2.47. The fraction of sp³-hybridized carbons (Fsp3) is 0. The summed E-state index contributed by atoms with van der Waals surface area (Å²) < 4.78 is 51.2. The highest BCUT2D eigenvalue weighted by molar-refractivity contribution is 6.22. The number of aromatic nitrogens is 1. The molecule has 0 aliphatic heterocycles. The van der Waals surface area contributed by atoms with Gasteiger partial charge in [-0.3, -0.25) is 0 Å². The number of nitrogens with zero attached hydrogens (tertiary/aromatic N) is 2. The molecule has 0 fully saturated rings. The van der Waals surface area contributed by atoms with Crippen LogP contribution in [0.2, 0.25) is 0 Å². The van der Waals surface area contributed by atoms with Gasteiger partial charge in [0, 0.05) is 38.6 Å². The predicted octanol–water partition coefficient (Wildman–Crippen LogP) is 15.8. The van der Waals surface area contributed by atoms with E-state index in [4.69, 9.17) is 11.3 Å². The normalized spacial score (nSPS) is 12.9. The van der Waals surface area contributed by atoms with E-state index in [1.807, 2.05) is 60.7 Å². The Hall–Kier alpha value is -7.88. The topological polar surface area (TPSA) is 21.3 Å². The first-order chi connectivity index (χ1) is 31.3. The number of benzene rings is 10. The molecule has 0 amide bonds. The maximum absolute atomic E-state index is 8.68. The van der Waals surface area contributed by atoms with Gasteiger partial charge in [0.05, 0.1) is 29.0 Å². The predicted molar refractivity (Wildman–Crippen MR) is 249 cm³/mol. The summed E-state index contributed by atoms with van der Waals surface area (Å²) in [6, 6.07) is 63.6. The lowest BCUT2D eigenvalue weighted by molar-refractivity contribution is 0.672. The largest absolute Gasteiger partial charge is 0.455 e. The maximum atomic E-state index is 8.68. The van der Waals surface area contributed by atoms with Crippen molar-refractivity contribution < 1.29 is 11.3 Å². The van der Waals surface area contributed by atoms with Gasteiger partial charge in [-0.2, -0.15) is 0 Å². The van der Waals surface area contributed by atoms with Crippen LogP contribution >= 0.6 is 0 Å². The lowest BCUT2D eigenvalue weighted by Gasteiger charge is -2.27. The van der Waals surface area contributed by atoms with Crippen LogP contribution in [0.25, 0.3) is 93.2 Å². The van der Waals surface area contributed by atoms with Gasteiger partial charge in [-0.05, 0) is 111 Å². The van der Waals surface area contributed by atoms with Crippen LogP contribution in [0, 0.1) is 0 Å². The Labute approximate surface area is 348 Å². The molecule has 12 rings (SSSR count). The van der Waals surface area contributed by atoms with E-state index in [0.717, 1.165) is 82.9 Å². The summed E-state index contributed by atoms with van der Waals surface area (Å²) in [6.45, 7) is 0. The molecule has 0 unspecified atom stereocenters. The Morgan fingerprint density at radius 1 is 0.424 bits per heavy atom. The Balaban J connectivity index is 1.05. The average Bonchev–Trinajstić information content (AvgIpc) is 3.90. The van der Waals surface area contributed by atoms with Crippen molar-refractivity contribution in [1.82, 2.24) is 4.57 Å². The summed E-state index contributed by atoms with van der Waals surface area (Å²) in [4.78, 5) is 2.24. The van der Waals surface area contributed by atoms with Crippen LogP contribution in [0.3, 0.4) is 0 Å². The van der Waals surface area contributed by atoms with Gasteiger partial charge in [0.15, 0.2) is 0 Å².